The third-order valence-corrected chi connectivity index (χ3v) is 4.78. The molecule has 1 saturated heterocycles. The molecule has 0 saturated carbocycles. The quantitative estimate of drug-likeness (QED) is 0.845. The van der Waals surface area contributed by atoms with Crippen molar-refractivity contribution in [3.05, 3.63) is 5.82 Å². The van der Waals surface area contributed by atoms with Crippen LogP contribution in [0.3, 0.4) is 0 Å². The molecule has 1 aliphatic rings. The van der Waals surface area contributed by atoms with E-state index in [-0.39, 0.29) is 0 Å². The van der Waals surface area contributed by atoms with Gasteiger partial charge >= 0.3 is 0 Å². The van der Waals surface area contributed by atoms with Crippen molar-refractivity contribution in [2.75, 3.05) is 18.0 Å². The lowest BCUT2D eigenvalue weighted by atomic mass is 10.1. The molecule has 2 rings (SSSR count). The second kappa shape index (κ2) is 5.57. The smallest absolute Gasteiger partial charge is 0.205 e. The summed E-state index contributed by atoms with van der Waals surface area (Å²) in [7, 11) is 0. The van der Waals surface area contributed by atoms with Gasteiger partial charge in [-0.05, 0) is 5.92 Å². The van der Waals surface area contributed by atoms with Crippen LogP contribution in [0.25, 0.3) is 0 Å². The van der Waals surface area contributed by atoms with E-state index in [4.69, 9.17) is 0 Å². The summed E-state index contributed by atoms with van der Waals surface area (Å²) in [4.78, 5) is 7.06. The van der Waals surface area contributed by atoms with E-state index in [1.54, 1.807) is 11.5 Å². The molecule has 1 aliphatic heterocycles. The van der Waals surface area contributed by atoms with Gasteiger partial charge in [0.1, 0.15) is 5.82 Å². The summed E-state index contributed by atoms with van der Waals surface area (Å²) in [6.45, 7) is 11.2. The highest BCUT2D eigenvalue weighted by atomic mass is 32.2. The number of nitrogens with zero attached hydrogens (tertiary/aromatic N) is 3. The standard InChI is InChI=1S/C12H21N3S2/c1-8(2)5-11-13-12(17-14-11)15-6-9(3)16-10(4)7-15/h8-10H,5-7H2,1-4H3. The molecular weight excluding hydrogens is 250 g/mol. The number of rotatable bonds is 3. The first kappa shape index (κ1) is 13.1. The predicted molar refractivity (Wildman–Crippen MR) is 77.2 cm³/mol. The summed E-state index contributed by atoms with van der Waals surface area (Å²) in [5, 5.41) is 2.49. The lowest BCUT2D eigenvalue weighted by Gasteiger charge is -2.34. The number of thioether (sulfide) groups is 1. The first-order valence-electron chi connectivity index (χ1n) is 6.27. The van der Waals surface area contributed by atoms with Crippen molar-refractivity contribution in [1.29, 1.82) is 0 Å². The topological polar surface area (TPSA) is 29.0 Å². The maximum Gasteiger partial charge on any atom is 0.205 e. The number of aromatic nitrogens is 2. The van der Waals surface area contributed by atoms with E-state index in [2.05, 4.69) is 53.7 Å². The number of hydrogen-bond acceptors (Lipinski definition) is 5. The monoisotopic (exact) mass is 271 g/mol. The fourth-order valence-electron chi connectivity index (χ4n) is 2.16. The second-order valence-corrected chi connectivity index (χ2v) is 7.87. The number of anilines is 1. The van der Waals surface area contributed by atoms with Gasteiger partial charge in [0.2, 0.25) is 5.13 Å². The Bertz CT molecular complexity index is 354. The van der Waals surface area contributed by atoms with E-state index in [0.29, 0.717) is 16.4 Å². The van der Waals surface area contributed by atoms with Crippen molar-refractivity contribution in [1.82, 2.24) is 9.36 Å². The van der Waals surface area contributed by atoms with Crippen molar-refractivity contribution in [3.63, 3.8) is 0 Å². The molecule has 2 unspecified atom stereocenters. The van der Waals surface area contributed by atoms with Crippen molar-refractivity contribution >= 4 is 28.4 Å². The maximum absolute atomic E-state index is 4.67. The van der Waals surface area contributed by atoms with Crippen LogP contribution in [0.15, 0.2) is 0 Å². The van der Waals surface area contributed by atoms with Crippen LogP contribution in [0.2, 0.25) is 0 Å². The molecule has 96 valence electrons. The predicted octanol–water partition coefficient (Wildman–Crippen LogP) is 3.07. The van der Waals surface area contributed by atoms with Crippen LogP contribution in [0.4, 0.5) is 5.13 Å². The Morgan fingerprint density at radius 2 is 1.94 bits per heavy atom. The molecule has 5 heteroatoms. The molecular formula is C12H21N3S2. The maximum atomic E-state index is 4.67. The Kier molecular flexibility index (Phi) is 4.31. The van der Waals surface area contributed by atoms with Crippen LogP contribution in [0, 0.1) is 5.92 Å². The highest BCUT2D eigenvalue weighted by molar-refractivity contribution is 8.00. The Hall–Kier alpha value is -0.290. The fraction of sp³-hybridized carbons (Fsp3) is 0.833. The second-order valence-electron chi connectivity index (χ2n) is 5.25. The van der Waals surface area contributed by atoms with Crippen LogP contribution in [0.1, 0.15) is 33.5 Å². The molecule has 1 aromatic heterocycles. The minimum atomic E-state index is 0.632. The minimum absolute atomic E-state index is 0.632. The van der Waals surface area contributed by atoms with E-state index in [9.17, 15) is 0 Å². The summed E-state index contributed by atoms with van der Waals surface area (Å²) in [5.74, 6) is 1.64. The van der Waals surface area contributed by atoms with Crippen molar-refractivity contribution in [3.8, 4) is 0 Å². The highest BCUT2D eigenvalue weighted by Gasteiger charge is 2.24. The normalized spacial score (nSPS) is 25.6. The Labute approximate surface area is 112 Å². The van der Waals surface area contributed by atoms with E-state index in [1.807, 2.05) is 0 Å². The molecule has 2 atom stereocenters. The minimum Gasteiger partial charge on any atom is -0.345 e. The summed E-state index contributed by atoms with van der Waals surface area (Å²) in [5.41, 5.74) is 0. The van der Waals surface area contributed by atoms with Gasteiger partial charge in [0.15, 0.2) is 0 Å². The average Bonchev–Trinajstić information content (AvgIpc) is 2.63. The van der Waals surface area contributed by atoms with E-state index in [1.165, 1.54) is 0 Å². The van der Waals surface area contributed by atoms with Gasteiger partial charge < -0.3 is 4.90 Å². The lowest BCUT2D eigenvalue weighted by Crippen LogP contribution is -2.40. The van der Waals surface area contributed by atoms with Gasteiger partial charge in [-0.25, -0.2) is 4.98 Å². The van der Waals surface area contributed by atoms with Crippen LogP contribution >= 0.6 is 23.3 Å². The van der Waals surface area contributed by atoms with Crippen molar-refractivity contribution in [2.45, 2.75) is 44.6 Å². The van der Waals surface area contributed by atoms with E-state index in [0.717, 1.165) is 30.5 Å². The van der Waals surface area contributed by atoms with Gasteiger partial charge in [0.05, 0.1) is 0 Å². The molecule has 1 fully saturated rings. The first-order chi connectivity index (χ1) is 8.04. The molecule has 0 aliphatic carbocycles. The SMILES string of the molecule is CC(C)Cc1nsc(N2CC(C)SC(C)C2)n1. The molecule has 2 heterocycles. The van der Waals surface area contributed by atoms with Gasteiger partial charge in [-0.2, -0.15) is 16.1 Å². The van der Waals surface area contributed by atoms with Gasteiger partial charge in [-0.1, -0.05) is 27.7 Å². The first-order valence-corrected chi connectivity index (χ1v) is 7.99. The van der Waals surface area contributed by atoms with Crippen LogP contribution in [-0.4, -0.2) is 32.9 Å². The Balaban J connectivity index is 2.03. The lowest BCUT2D eigenvalue weighted by molar-refractivity contribution is 0.625. The zero-order valence-corrected chi connectivity index (χ0v) is 12.6. The number of hydrogen-bond donors (Lipinski definition) is 0. The zero-order valence-electron chi connectivity index (χ0n) is 11.0. The molecule has 0 N–H and O–H groups in total. The van der Waals surface area contributed by atoms with Gasteiger partial charge in [-0.15, -0.1) is 0 Å². The van der Waals surface area contributed by atoms with Gasteiger partial charge in [0.25, 0.3) is 0 Å². The van der Waals surface area contributed by atoms with Crippen molar-refractivity contribution < 1.29 is 0 Å². The largest absolute Gasteiger partial charge is 0.345 e. The summed E-state index contributed by atoms with van der Waals surface area (Å²) in [6.07, 6.45) is 0.990. The van der Waals surface area contributed by atoms with E-state index >= 15 is 0 Å². The fourth-order valence-corrected chi connectivity index (χ4v) is 4.19. The summed E-state index contributed by atoms with van der Waals surface area (Å²) in [6, 6.07) is 0. The third-order valence-electron chi connectivity index (χ3n) is 2.74. The van der Waals surface area contributed by atoms with Crippen LogP contribution in [0.5, 0.6) is 0 Å². The van der Waals surface area contributed by atoms with Gasteiger partial charge in [-0.3, -0.25) is 0 Å². The molecule has 0 radical (unpaired) electrons. The average molecular weight is 271 g/mol. The summed E-state index contributed by atoms with van der Waals surface area (Å²) >= 11 is 3.63. The molecule has 0 amide bonds. The molecule has 17 heavy (non-hydrogen) atoms. The molecule has 0 bridgehead atoms. The zero-order chi connectivity index (χ0) is 12.4. The van der Waals surface area contributed by atoms with Gasteiger partial charge in [0, 0.05) is 41.5 Å². The summed E-state index contributed by atoms with van der Waals surface area (Å²) < 4.78 is 4.46. The molecule has 0 spiro atoms. The molecule has 1 aromatic rings. The Morgan fingerprint density at radius 3 is 2.53 bits per heavy atom. The van der Waals surface area contributed by atoms with Crippen LogP contribution in [-0.2, 0) is 6.42 Å². The Morgan fingerprint density at radius 1 is 1.29 bits per heavy atom. The van der Waals surface area contributed by atoms with Crippen LogP contribution < -0.4 is 4.90 Å². The highest BCUT2D eigenvalue weighted by Crippen LogP contribution is 2.29. The van der Waals surface area contributed by atoms with E-state index < -0.39 is 0 Å². The van der Waals surface area contributed by atoms with Crippen molar-refractivity contribution in [2.24, 2.45) is 5.92 Å². The third kappa shape index (κ3) is 3.58. The molecule has 3 nitrogen and oxygen atoms in total. The molecule has 0 aromatic carbocycles.